The highest BCUT2D eigenvalue weighted by Gasteiger charge is 2.13. The monoisotopic (exact) mass is 560 g/mol. The second kappa shape index (κ2) is 29.7. The van der Waals surface area contributed by atoms with E-state index in [0.29, 0.717) is 0 Å². The third kappa shape index (κ3) is 22.8. The van der Waals surface area contributed by atoms with Crippen LogP contribution in [0.5, 0.6) is 0 Å². The quantitative estimate of drug-likeness (QED) is 0.0613. The van der Waals surface area contributed by atoms with Gasteiger partial charge in [0.1, 0.15) is 12.4 Å². The molecule has 0 unspecified atom stereocenters. The molecule has 0 aliphatic rings. The topological polar surface area (TPSA) is 8.81 Å². The number of aryl methyl sites for hydroxylation is 2. The summed E-state index contributed by atoms with van der Waals surface area (Å²) >= 11 is 0. The summed E-state index contributed by atoms with van der Waals surface area (Å²) in [5, 5.41) is 0. The lowest BCUT2D eigenvalue weighted by Gasteiger charge is -2.05. The van der Waals surface area contributed by atoms with Gasteiger partial charge in [-0.1, -0.05) is 187 Å². The van der Waals surface area contributed by atoms with Crippen molar-refractivity contribution < 1.29 is 4.57 Å². The van der Waals surface area contributed by atoms with Crippen molar-refractivity contribution in [3.8, 4) is 0 Å². The van der Waals surface area contributed by atoms with Crippen LogP contribution >= 0.6 is 0 Å². The zero-order chi connectivity index (χ0) is 28.8. The molecule has 1 aromatic rings. The van der Waals surface area contributed by atoms with E-state index in [9.17, 15) is 0 Å². The van der Waals surface area contributed by atoms with E-state index in [1.165, 1.54) is 206 Å². The van der Waals surface area contributed by atoms with E-state index in [-0.39, 0.29) is 0 Å². The molecule has 0 aliphatic carbocycles. The number of rotatable bonds is 32. The van der Waals surface area contributed by atoms with Gasteiger partial charge in [-0.05, 0) is 19.3 Å². The fraction of sp³-hybridized carbons (Fsp3) is 0.921. The van der Waals surface area contributed by atoms with Gasteiger partial charge in [0, 0.05) is 6.42 Å². The summed E-state index contributed by atoms with van der Waals surface area (Å²) in [5.41, 5.74) is 0. The smallest absolute Gasteiger partial charge is 0.237 e. The maximum atomic E-state index is 2.55. The van der Waals surface area contributed by atoms with E-state index in [0.717, 1.165) is 0 Å². The molecule has 2 heteroatoms. The number of hydrogen-bond donors (Lipinski definition) is 0. The fourth-order valence-corrected chi connectivity index (χ4v) is 6.39. The Bertz CT molecular complexity index is 619. The molecule has 0 bridgehead atoms. The maximum absolute atomic E-state index is 2.55. The first-order valence-corrected chi connectivity index (χ1v) is 18.8. The van der Waals surface area contributed by atoms with Crippen molar-refractivity contribution in [1.29, 1.82) is 0 Å². The van der Waals surface area contributed by atoms with Crippen LogP contribution in [0, 0.1) is 0 Å². The molecule has 0 atom stereocenters. The van der Waals surface area contributed by atoms with Crippen LogP contribution < -0.4 is 4.57 Å². The van der Waals surface area contributed by atoms with Crippen molar-refractivity contribution in [2.24, 2.45) is 7.05 Å². The van der Waals surface area contributed by atoms with Crippen LogP contribution in [-0.2, 0) is 20.0 Å². The Hall–Kier alpha value is -0.790. The van der Waals surface area contributed by atoms with Crippen molar-refractivity contribution in [3.05, 3.63) is 18.2 Å². The lowest BCUT2D eigenvalue weighted by molar-refractivity contribution is -0.704. The summed E-state index contributed by atoms with van der Waals surface area (Å²) in [6, 6.07) is 0. The highest BCUT2D eigenvalue weighted by molar-refractivity contribution is 4.82. The van der Waals surface area contributed by atoms with Gasteiger partial charge in [-0.3, -0.25) is 0 Å². The van der Waals surface area contributed by atoms with Crippen molar-refractivity contribution in [2.45, 2.75) is 219 Å². The Labute approximate surface area is 253 Å². The largest absolute Gasteiger partial charge is 0.256 e. The van der Waals surface area contributed by atoms with Crippen molar-refractivity contribution in [3.63, 3.8) is 0 Å². The summed E-state index contributed by atoms with van der Waals surface area (Å²) in [4.78, 5) is 0. The Balaban J connectivity index is 1.90. The van der Waals surface area contributed by atoms with E-state index in [2.05, 4.69) is 42.4 Å². The molecule has 0 N–H and O–H groups in total. The molecule has 1 aromatic heterocycles. The molecule has 0 aromatic carbocycles. The standard InChI is InChI=1S/C38H75N2/c1-4-6-8-10-12-14-16-18-20-21-22-24-26-28-30-32-34-38-39(3)36-37-40(38)35-33-31-29-27-25-23-19-17-15-13-11-9-7-5-2/h36-37H,4-35H2,1-3H3/q+1. The summed E-state index contributed by atoms with van der Waals surface area (Å²) < 4.78 is 4.92. The third-order valence-corrected chi connectivity index (χ3v) is 9.22. The van der Waals surface area contributed by atoms with Gasteiger partial charge >= 0.3 is 0 Å². The number of hydrogen-bond acceptors (Lipinski definition) is 0. The first-order chi connectivity index (χ1) is 19.8. The molecule has 40 heavy (non-hydrogen) atoms. The van der Waals surface area contributed by atoms with Crippen LogP contribution in [0.4, 0.5) is 0 Å². The molecule has 0 spiro atoms. The van der Waals surface area contributed by atoms with Crippen LogP contribution in [0.25, 0.3) is 0 Å². The highest BCUT2D eigenvalue weighted by Crippen LogP contribution is 2.15. The third-order valence-electron chi connectivity index (χ3n) is 9.22. The van der Waals surface area contributed by atoms with E-state index >= 15 is 0 Å². The lowest BCUT2D eigenvalue weighted by atomic mass is 10.0. The molecule has 236 valence electrons. The van der Waals surface area contributed by atoms with Crippen molar-refractivity contribution in [2.75, 3.05) is 0 Å². The van der Waals surface area contributed by atoms with Crippen molar-refractivity contribution >= 4 is 0 Å². The lowest BCUT2D eigenvalue weighted by Crippen LogP contribution is -2.37. The zero-order valence-electron chi connectivity index (χ0n) is 28.2. The van der Waals surface area contributed by atoms with E-state index in [1.54, 1.807) is 5.82 Å². The molecule has 0 amide bonds. The van der Waals surface area contributed by atoms with Gasteiger partial charge in [0.2, 0.25) is 0 Å². The molecule has 0 aliphatic heterocycles. The van der Waals surface area contributed by atoms with Gasteiger partial charge in [-0.2, -0.15) is 0 Å². The first-order valence-electron chi connectivity index (χ1n) is 18.8. The van der Waals surface area contributed by atoms with Gasteiger partial charge in [0.25, 0.3) is 5.82 Å². The minimum atomic E-state index is 1.22. The molecule has 2 nitrogen and oxygen atoms in total. The van der Waals surface area contributed by atoms with Crippen LogP contribution in [0.2, 0.25) is 0 Å². The van der Waals surface area contributed by atoms with Gasteiger partial charge in [0.05, 0.1) is 13.6 Å². The average Bonchev–Trinajstić information content (AvgIpc) is 3.31. The van der Waals surface area contributed by atoms with Crippen LogP contribution in [0.1, 0.15) is 212 Å². The zero-order valence-corrected chi connectivity index (χ0v) is 28.2. The number of aromatic nitrogens is 2. The molecule has 0 fully saturated rings. The van der Waals surface area contributed by atoms with Crippen LogP contribution in [0.15, 0.2) is 12.4 Å². The minimum Gasteiger partial charge on any atom is -0.237 e. The SMILES string of the molecule is CCCCCCCCCCCCCCCCCCc1n(C)cc[n+]1CCCCCCCCCCCCCCCC. The minimum absolute atomic E-state index is 1.22. The highest BCUT2D eigenvalue weighted by atomic mass is 15.1. The molecule has 1 heterocycles. The first kappa shape index (κ1) is 37.2. The average molecular weight is 560 g/mol. The summed E-state index contributed by atoms with van der Waals surface area (Å²) in [6.45, 7) is 5.83. The summed E-state index contributed by atoms with van der Waals surface area (Å²) in [5.74, 6) is 1.54. The predicted molar refractivity (Wildman–Crippen MR) is 179 cm³/mol. The van der Waals surface area contributed by atoms with Gasteiger partial charge in [0.15, 0.2) is 0 Å². The van der Waals surface area contributed by atoms with Gasteiger partial charge in [-0.25, -0.2) is 9.13 Å². The summed E-state index contributed by atoms with van der Waals surface area (Å²) in [7, 11) is 2.24. The molecule has 0 saturated carbocycles. The van der Waals surface area contributed by atoms with Gasteiger partial charge < -0.3 is 0 Å². The van der Waals surface area contributed by atoms with E-state index < -0.39 is 0 Å². The van der Waals surface area contributed by atoms with E-state index in [4.69, 9.17) is 0 Å². The normalized spacial score (nSPS) is 11.6. The van der Waals surface area contributed by atoms with Crippen molar-refractivity contribution in [1.82, 2.24) is 4.57 Å². The number of nitrogens with zero attached hydrogens (tertiary/aromatic N) is 2. The Kier molecular flexibility index (Phi) is 27.6. The summed E-state index contributed by atoms with van der Waals surface area (Å²) in [6.07, 6.45) is 49.1. The van der Waals surface area contributed by atoms with Gasteiger partial charge in [-0.15, -0.1) is 0 Å². The second-order valence-electron chi connectivity index (χ2n) is 13.2. The number of imidazole rings is 1. The Morgan fingerprint density at radius 1 is 0.425 bits per heavy atom. The number of unbranched alkanes of at least 4 members (excludes halogenated alkanes) is 28. The molecule has 0 radical (unpaired) electrons. The Morgan fingerprint density at radius 2 is 0.725 bits per heavy atom. The fourth-order valence-electron chi connectivity index (χ4n) is 6.39. The molecular weight excluding hydrogens is 484 g/mol. The predicted octanol–water partition coefficient (Wildman–Crippen LogP) is 12.6. The molecule has 0 saturated heterocycles. The Morgan fingerprint density at radius 3 is 1.07 bits per heavy atom. The maximum Gasteiger partial charge on any atom is 0.256 e. The van der Waals surface area contributed by atoms with E-state index in [1.807, 2.05) is 0 Å². The molecular formula is C38H75N2+. The van der Waals surface area contributed by atoms with Crippen LogP contribution in [0.3, 0.4) is 0 Å². The molecule has 1 rings (SSSR count). The second-order valence-corrected chi connectivity index (χ2v) is 13.2. The van der Waals surface area contributed by atoms with Crippen LogP contribution in [-0.4, -0.2) is 4.57 Å².